The number of benzene rings is 3. The van der Waals surface area contributed by atoms with Crippen LogP contribution < -0.4 is 0 Å². The molecule has 0 aromatic heterocycles. The van der Waals surface area contributed by atoms with Crippen LogP contribution in [0.1, 0.15) is 65.8 Å². The maximum absolute atomic E-state index is 13.1. The van der Waals surface area contributed by atoms with E-state index in [1.807, 2.05) is 54.6 Å². The molecule has 0 bridgehead atoms. The highest BCUT2D eigenvalue weighted by Gasteiger charge is 2.20. The Labute approximate surface area is 185 Å². The SMILES string of the molecule is CC(C)CCCCCOC(=O)c1cc(-c2ccccc2)ccc1C(=O)c1ccccc1. The summed E-state index contributed by atoms with van der Waals surface area (Å²) in [5.74, 6) is 0.0693. The van der Waals surface area contributed by atoms with Gasteiger partial charge in [-0.05, 0) is 35.6 Å². The Morgan fingerprint density at radius 1 is 0.742 bits per heavy atom. The highest BCUT2D eigenvalue weighted by molar-refractivity contribution is 6.14. The lowest BCUT2D eigenvalue weighted by Crippen LogP contribution is -2.13. The summed E-state index contributed by atoms with van der Waals surface area (Å²) in [5, 5.41) is 0. The molecule has 0 fully saturated rings. The fourth-order valence-corrected chi connectivity index (χ4v) is 3.54. The molecule has 3 nitrogen and oxygen atoms in total. The second-order valence-corrected chi connectivity index (χ2v) is 8.20. The number of hydrogen-bond donors (Lipinski definition) is 0. The average molecular weight is 415 g/mol. The molecule has 3 aromatic carbocycles. The molecule has 0 aliphatic carbocycles. The van der Waals surface area contributed by atoms with Gasteiger partial charge in [-0.1, -0.05) is 99.8 Å². The van der Waals surface area contributed by atoms with Gasteiger partial charge in [0.2, 0.25) is 0 Å². The van der Waals surface area contributed by atoms with E-state index in [2.05, 4.69) is 13.8 Å². The van der Waals surface area contributed by atoms with Crippen LogP contribution in [0.2, 0.25) is 0 Å². The van der Waals surface area contributed by atoms with Crippen molar-refractivity contribution in [2.45, 2.75) is 39.5 Å². The molecular formula is C28H30O3. The molecule has 0 unspecified atom stereocenters. The number of unbranched alkanes of at least 4 members (excludes halogenated alkanes) is 2. The number of hydrogen-bond acceptors (Lipinski definition) is 3. The van der Waals surface area contributed by atoms with Crippen LogP contribution in [0.15, 0.2) is 78.9 Å². The molecule has 3 aromatic rings. The molecule has 0 saturated carbocycles. The summed E-state index contributed by atoms with van der Waals surface area (Å²) in [6.07, 6.45) is 4.18. The maximum Gasteiger partial charge on any atom is 0.338 e. The van der Waals surface area contributed by atoms with E-state index in [0.29, 0.717) is 29.2 Å². The second-order valence-electron chi connectivity index (χ2n) is 8.20. The zero-order valence-electron chi connectivity index (χ0n) is 18.3. The molecule has 0 radical (unpaired) electrons. The summed E-state index contributed by atoms with van der Waals surface area (Å²) in [4.78, 5) is 26.0. The molecule has 31 heavy (non-hydrogen) atoms. The van der Waals surface area contributed by atoms with Crippen molar-refractivity contribution in [3.63, 3.8) is 0 Å². The van der Waals surface area contributed by atoms with Gasteiger partial charge in [0.15, 0.2) is 5.78 Å². The maximum atomic E-state index is 13.1. The first-order chi connectivity index (χ1) is 15.1. The zero-order valence-corrected chi connectivity index (χ0v) is 18.3. The number of ether oxygens (including phenoxy) is 1. The van der Waals surface area contributed by atoms with Crippen LogP contribution in [0.3, 0.4) is 0 Å². The van der Waals surface area contributed by atoms with E-state index in [9.17, 15) is 9.59 Å². The van der Waals surface area contributed by atoms with Gasteiger partial charge in [0, 0.05) is 11.1 Å². The van der Waals surface area contributed by atoms with E-state index in [1.165, 1.54) is 6.42 Å². The minimum absolute atomic E-state index is 0.177. The minimum Gasteiger partial charge on any atom is -0.462 e. The van der Waals surface area contributed by atoms with Crippen molar-refractivity contribution in [1.82, 2.24) is 0 Å². The van der Waals surface area contributed by atoms with Crippen LogP contribution in [0.4, 0.5) is 0 Å². The fraction of sp³-hybridized carbons (Fsp3) is 0.286. The van der Waals surface area contributed by atoms with Crippen molar-refractivity contribution in [1.29, 1.82) is 0 Å². The smallest absolute Gasteiger partial charge is 0.338 e. The molecule has 0 heterocycles. The van der Waals surface area contributed by atoms with Crippen molar-refractivity contribution < 1.29 is 14.3 Å². The van der Waals surface area contributed by atoms with Gasteiger partial charge in [0.05, 0.1) is 12.2 Å². The largest absolute Gasteiger partial charge is 0.462 e. The summed E-state index contributed by atoms with van der Waals surface area (Å²) in [5.41, 5.74) is 3.11. The third-order valence-corrected chi connectivity index (χ3v) is 5.29. The Morgan fingerprint density at radius 2 is 1.42 bits per heavy atom. The Hall–Kier alpha value is -3.20. The van der Waals surface area contributed by atoms with Gasteiger partial charge in [-0.3, -0.25) is 4.79 Å². The van der Waals surface area contributed by atoms with Crippen LogP contribution in [0.5, 0.6) is 0 Å². The van der Waals surface area contributed by atoms with Crippen molar-refractivity contribution in [3.05, 3.63) is 95.6 Å². The van der Waals surface area contributed by atoms with E-state index in [4.69, 9.17) is 4.74 Å². The standard InChI is InChI=1S/C28H30O3/c1-21(2)12-6-5-11-19-31-28(30)26-20-24(22-13-7-3-8-14-22)17-18-25(26)27(29)23-15-9-4-10-16-23/h3-4,7-10,13-18,20-21H,5-6,11-12,19H2,1-2H3. The van der Waals surface area contributed by atoms with E-state index < -0.39 is 5.97 Å². The van der Waals surface area contributed by atoms with E-state index in [1.54, 1.807) is 24.3 Å². The first kappa shape index (κ1) is 22.5. The summed E-state index contributed by atoms with van der Waals surface area (Å²) >= 11 is 0. The topological polar surface area (TPSA) is 43.4 Å². The Morgan fingerprint density at radius 3 is 2.10 bits per heavy atom. The van der Waals surface area contributed by atoms with Crippen molar-refractivity contribution in [2.24, 2.45) is 5.92 Å². The number of carbonyl (C=O) groups is 2. The third-order valence-electron chi connectivity index (χ3n) is 5.29. The fourth-order valence-electron chi connectivity index (χ4n) is 3.54. The summed E-state index contributed by atoms with van der Waals surface area (Å²) < 4.78 is 5.56. The third kappa shape index (κ3) is 6.39. The van der Waals surface area contributed by atoms with Crippen LogP contribution in [0, 0.1) is 5.92 Å². The van der Waals surface area contributed by atoms with E-state index in [-0.39, 0.29) is 5.78 Å². The van der Waals surface area contributed by atoms with Gasteiger partial charge < -0.3 is 4.74 Å². The molecule has 0 spiro atoms. The highest BCUT2D eigenvalue weighted by Crippen LogP contribution is 2.25. The van der Waals surface area contributed by atoms with Gasteiger partial charge in [0.25, 0.3) is 0 Å². The first-order valence-electron chi connectivity index (χ1n) is 11.0. The number of ketones is 1. The summed E-state index contributed by atoms with van der Waals surface area (Å²) in [6.45, 7) is 4.79. The van der Waals surface area contributed by atoms with Crippen LogP contribution >= 0.6 is 0 Å². The first-order valence-corrected chi connectivity index (χ1v) is 11.0. The minimum atomic E-state index is -0.444. The predicted octanol–water partition coefficient (Wildman–Crippen LogP) is 6.96. The Kier molecular flexibility index (Phi) is 8.17. The van der Waals surface area contributed by atoms with Crippen LogP contribution in [-0.2, 0) is 4.74 Å². The van der Waals surface area contributed by atoms with E-state index in [0.717, 1.165) is 30.4 Å². The zero-order chi connectivity index (χ0) is 22.1. The number of rotatable bonds is 10. The lowest BCUT2D eigenvalue weighted by Gasteiger charge is -2.12. The Balaban J connectivity index is 1.80. The van der Waals surface area contributed by atoms with Gasteiger partial charge in [-0.15, -0.1) is 0 Å². The van der Waals surface area contributed by atoms with Crippen LogP contribution in [0.25, 0.3) is 11.1 Å². The quantitative estimate of drug-likeness (QED) is 0.205. The molecule has 0 amide bonds. The lowest BCUT2D eigenvalue weighted by atomic mass is 9.94. The molecule has 0 atom stereocenters. The van der Waals surface area contributed by atoms with Crippen molar-refractivity contribution >= 4 is 11.8 Å². The number of carbonyl (C=O) groups excluding carboxylic acids is 2. The molecule has 3 heteroatoms. The van der Waals surface area contributed by atoms with Crippen molar-refractivity contribution in [2.75, 3.05) is 6.61 Å². The van der Waals surface area contributed by atoms with Gasteiger partial charge in [0.1, 0.15) is 0 Å². The molecule has 0 N–H and O–H groups in total. The molecule has 0 saturated heterocycles. The average Bonchev–Trinajstić information content (AvgIpc) is 2.81. The second kappa shape index (κ2) is 11.3. The van der Waals surface area contributed by atoms with Crippen molar-refractivity contribution in [3.8, 4) is 11.1 Å². The highest BCUT2D eigenvalue weighted by atomic mass is 16.5. The predicted molar refractivity (Wildman–Crippen MR) is 125 cm³/mol. The van der Waals surface area contributed by atoms with Crippen LogP contribution in [-0.4, -0.2) is 18.4 Å². The lowest BCUT2D eigenvalue weighted by molar-refractivity contribution is 0.0494. The molecule has 3 rings (SSSR count). The monoisotopic (exact) mass is 414 g/mol. The summed E-state index contributed by atoms with van der Waals surface area (Å²) in [6, 6.07) is 24.2. The van der Waals surface area contributed by atoms with E-state index >= 15 is 0 Å². The normalized spacial score (nSPS) is 10.8. The molecule has 0 aliphatic rings. The van der Waals surface area contributed by atoms with Gasteiger partial charge in [-0.25, -0.2) is 4.79 Å². The summed E-state index contributed by atoms with van der Waals surface area (Å²) in [7, 11) is 0. The number of esters is 1. The molecular weight excluding hydrogens is 384 g/mol. The molecule has 0 aliphatic heterocycles. The Bertz CT molecular complexity index is 991. The van der Waals surface area contributed by atoms with Gasteiger partial charge in [-0.2, -0.15) is 0 Å². The molecule has 160 valence electrons. The van der Waals surface area contributed by atoms with Gasteiger partial charge >= 0.3 is 5.97 Å².